The van der Waals surface area contributed by atoms with Crippen molar-refractivity contribution in [3.05, 3.63) is 35.3 Å². The Morgan fingerprint density at radius 2 is 1.92 bits per heavy atom. The first-order valence-electron chi connectivity index (χ1n) is 3.63. The molecule has 0 saturated carbocycles. The Balaban J connectivity index is 2.45. The van der Waals surface area contributed by atoms with Gasteiger partial charge in [-0.25, -0.2) is 0 Å². The van der Waals surface area contributed by atoms with E-state index in [-0.39, 0.29) is 14.5 Å². The van der Waals surface area contributed by atoms with E-state index in [1.165, 1.54) is 0 Å². The Morgan fingerprint density at radius 3 is 2.50 bits per heavy atom. The normalized spacial score (nSPS) is 10.0. The van der Waals surface area contributed by atoms with Crippen molar-refractivity contribution in [3.8, 4) is 11.3 Å². The molecular formula is C9H8N2Se. The molecule has 0 atom stereocenters. The number of aromatic nitrogens is 1. The van der Waals surface area contributed by atoms with Crippen LogP contribution in [0.3, 0.4) is 0 Å². The summed E-state index contributed by atoms with van der Waals surface area (Å²) < 4.78 is 0.765. The summed E-state index contributed by atoms with van der Waals surface area (Å²) in [6.45, 7) is 0. The van der Waals surface area contributed by atoms with Crippen LogP contribution in [0.15, 0.2) is 35.3 Å². The second-order valence-corrected chi connectivity index (χ2v) is 4.30. The summed E-state index contributed by atoms with van der Waals surface area (Å²) in [5.74, 6) is 0. The molecule has 0 radical (unpaired) electrons. The van der Waals surface area contributed by atoms with Crippen LogP contribution in [0.5, 0.6) is 0 Å². The minimum atomic E-state index is 0.269. The Labute approximate surface area is 76.8 Å². The van der Waals surface area contributed by atoms with E-state index in [9.17, 15) is 0 Å². The van der Waals surface area contributed by atoms with Gasteiger partial charge in [-0.3, -0.25) is 0 Å². The van der Waals surface area contributed by atoms with Gasteiger partial charge < -0.3 is 0 Å². The Morgan fingerprint density at radius 1 is 1.17 bits per heavy atom. The molecule has 60 valence electrons. The van der Waals surface area contributed by atoms with Crippen molar-refractivity contribution in [2.45, 2.75) is 0 Å². The number of nitrogens with zero attached hydrogens (tertiary/aromatic N) is 1. The zero-order valence-electron chi connectivity index (χ0n) is 6.40. The van der Waals surface area contributed by atoms with Gasteiger partial charge in [0.25, 0.3) is 0 Å². The van der Waals surface area contributed by atoms with Crippen LogP contribution in [0, 0.1) is 0 Å². The first-order valence-corrected chi connectivity index (χ1v) is 5.47. The fraction of sp³-hybridized carbons (Fsp3) is 0. The molecule has 2 N–H and O–H groups in total. The van der Waals surface area contributed by atoms with Gasteiger partial charge in [0.15, 0.2) is 0 Å². The van der Waals surface area contributed by atoms with Gasteiger partial charge in [0.05, 0.1) is 0 Å². The molecule has 0 spiro atoms. The summed E-state index contributed by atoms with van der Waals surface area (Å²) in [5.41, 5.74) is 7.76. The fourth-order valence-electron chi connectivity index (χ4n) is 1.03. The molecule has 1 aromatic carbocycles. The maximum atomic E-state index is 5.59. The van der Waals surface area contributed by atoms with E-state index in [0.717, 1.165) is 15.9 Å². The van der Waals surface area contributed by atoms with E-state index in [0.29, 0.717) is 0 Å². The molecule has 0 aliphatic rings. The van der Waals surface area contributed by atoms with Gasteiger partial charge in [-0.1, -0.05) is 0 Å². The molecule has 2 rings (SSSR count). The van der Waals surface area contributed by atoms with Gasteiger partial charge in [0.2, 0.25) is 0 Å². The Hall–Kier alpha value is -1.05. The summed E-state index contributed by atoms with van der Waals surface area (Å²) >= 11 is 0.269. The third-order valence-corrected chi connectivity index (χ3v) is 3.01. The first-order chi connectivity index (χ1) is 5.86. The van der Waals surface area contributed by atoms with Crippen molar-refractivity contribution in [1.29, 1.82) is 0 Å². The zero-order valence-corrected chi connectivity index (χ0v) is 8.11. The maximum absolute atomic E-state index is 5.59. The molecule has 0 aliphatic carbocycles. The third kappa shape index (κ3) is 1.42. The predicted molar refractivity (Wildman–Crippen MR) is 51.0 cm³/mol. The Bertz CT molecular complexity index is 367. The van der Waals surface area contributed by atoms with Gasteiger partial charge in [0, 0.05) is 0 Å². The summed E-state index contributed by atoms with van der Waals surface area (Å²) in [6, 6.07) is 10.1. The van der Waals surface area contributed by atoms with Crippen LogP contribution in [0.1, 0.15) is 0 Å². The topological polar surface area (TPSA) is 38.9 Å². The monoisotopic (exact) mass is 224 g/mol. The molecule has 0 amide bonds. The van der Waals surface area contributed by atoms with Gasteiger partial charge in [0.1, 0.15) is 0 Å². The molecule has 2 aromatic rings. The van der Waals surface area contributed by atoms with Gasteiger partial charge in [-0.15, -0.1) is 0 Å². The minimum absolute atomic E-state index is 0.269. The van der Waals surface area contributed by atoms with Crippen LogP contribution in [0.2, 0.25) is 0 Å². The molecule has 0 unspecified atom stereocenters. The molecule has 0 aliphatic heterocycles. The zero-order chi connectivity index (χ0) is 8.39. The van der Waals surface area contributed by atoms with Crippen LogP contribution in [-0.2, 0) is 0 Å². The number of hydrogen-bond acceptors (Lipinski definition) is 2. The van der Waals surface area contributed by atoms with E-state index in [1.807, 2.05) is 30.3 Å². The van der Waals surface area contributed by atoms with Crippen LogP contribution in [0.4, 0.5) is 4.69 Å². The van der Waals surface area contributed by atoms with E-state index in [1.54, 1.807) is 0 Å². The molecule has 0 bridgehead atoms. The van der Waals surface area contributed by atoms with Crippen LogP contribution >= 0.6 is 0 Å². The molecule has 12 heavy (non-hydrogen) atoms. The van der Waals surface area contributed by atoms with E-state index < -0.39 is 0 Å². The standard InChI is InChI=1S/C9H8N2Se/c10-9-11-8(6-12-9)7-4-2-1-3-5-7/h1-6H,(H2,10,11). The fourth-order valence-corrected chi connectivity index (χ4v) is 2.23. The summed E-state index contributed by atoms with van der Waals surface area (Å²) in [5, 5.41) is 0. The summed E-state index contributed by atoms with van der Waals surface area (Å²) in [6.07, 6.45) is 0. The third-order valence-electron chi connectivity index (χ3n) is 1.59. The van der Waals surface area contributed by atoms with Crippen molar-refractivity contribution in [3.63, 3.8) is 0 Å². The summed E-state index contributed by atoms with van der Waals surface area (Å²) in [7, 11) is 0. The van der Waals surface area contributed by atoms with Crippen LogP contribution in [-0.4, -0.2) is 19.5 Å². The van der Waals surface area contributed by atoms with Crippen molar-refractivity contribution >= 4 is 19.2 Å². The number of anilines is 1. The van der Waals surface area contributed by atoms with Crippen LogP contribution in [0.25, 0.3) is 11.3 Å². The van der Waals surface area contributed by atoms with Gasteiger partial charge in [-0.2, -0.15) is 0 Å². The second-order valence-electron chi connectivity index (χ2n) is 2.44. The molecule has 2 nitrogen and oxygen atoms in total. The van der Waals surface area contributed by atoms with Gasteiger partial charge in [-0.05, 0) is 0 Å². The molecule has 1 aromatic heterocycles. The van der Waals surface area contributed by atoms with Crippen molar-refractivity contribution in [1.82, 2.24) is 4.98 Å². The number of benzene rings is 1. The van der Waals surface area contributed by atoms with E-state index in [4.69, 9.17) is 5.73 Å². The van der Waals surface area contributed by atoms with Crippen LogP contribution < -0.4 is 5.73 Å². The predicted octanol–water partition coefficient (Wildman–Crippen LogP) is 1.39. The quantitative estimate of drug-likeness (QED) is 0.742. The summed E-state index contributed by atoms with van der Waals surface area (Å²) in [4.78, 5) is 6.35. The number of rotatable bonds is 1. The molecule has 0 fully saturated rings. The Kier molecular flexibility index (Phi) is 1.98. The average molecular weight is 223 g/mol. The second kappa shape index (κ2) is 3.13. The van der Waals surface area contributed by atoms with Crippen molar-refractivity contribution in [2.75, 3.05) is 5.73 Å². The molecule has 0 saturated heterocycles. The molecular weight excluding hydrogens is 215 g/mol. The van der Waals surface area contributed by atoms with Crippen molar-refractivity contribution in [2.24, 2.45) is 0 Å². The van der Waals surface area contributed by atoms with E-state index in [2.05, 4.69) is 9.92 Å². The molecule has 3 heteroatoms. The number of hydrogen-bond donors (Lipinski definition) is 1. The SMILES string of the molecule is Nc1nc(-c2ccccc2)c[se]1. The van der Waals surface area contributed by atoms with Gasteiger partial charge >= 0.3 is 76.4 Å². The van der Waals surface area contributed by atoms with Crippen molar-refractivity contribution < 1.29 is 0 Å². The molecule has 1 heterocycles. The first kappa shape index (κ1) is 7.59. The number of nitrogens with two attached hydrogens (primary N) is 1. The van der Waals surface area contributed by atoms with E-state index >= 15 is 0 Å². The average Bonchev–Trinajstić information content (AvgIpc) is 2.54. The number of nitrogen functional groups attached to an aromatic ring is 1.